The van der Waals surface area contributed by atoms with E-state index in [0.717, 1.165) is 5.69 Å². The second-order valence-electron chi connectivity index (χ2n) is 3.86. The zero-order valence-corrected chi connectivity index (χ0v) is 10.3. The van der Waals surface area contributed by atoms with Crippen molar-refractivity contribution in [1.29, 1.82) is 0 Å². The van der Waals surface area contributed by atoms with Gasteiger partial charge in [-0.3, -0.25) is 4.98 Å². The van der Waals surface area contributed by atoms with Crippen molar-refractivity contribution in [3.8, 4) is 0 Å². The summed E-state index contributed by atoms with van der Waals surface area (Å²) in [6.07, 6.45) is 4.84. The van der Waals surface area contributed by atoms with Crippen LogP contribution < -0.4 is 16.5 Å². The van der Waals surface area contributed by atoms with Gasteiger partial charge in [-0.25, -0.2) is 15.0 Å². The van der Waals surface area contributed by atoms with Gasteiger partial charge in [-0.05, 0) is 12.1 Å². The van der Waals surface area contributed by atoms with Crippen LogP contribution in [0.4, 0.5) is 23.0 Å². The van der Waals surface area contributed by atoms with Gasteiger partial charge >= 0.3 is 0 Å². The second kappa shape index (κ2) is 5.28. The topological polar surface area (TPSA) is 92.0 Å². The van der Waals surface area contributed by atoms with Gasteiger partial charge in [0.15, 0.2) is 11.6 Å². The highest BCUT2D eigenvalue weighted by Crippen LogP contribution is 2.25. The molecule has 2 heterocycles. The highest BCUT2D eigenvalue weighted by molar-refractivity contribution is 5.77. The summed E-state index contributed by atoms with van der Waals surface area (Å²) in [5.74, 6) is 1.10. The first-order valence-electron chi connectivity index (χ1n) is 5.38. The molecule has 4 N–H and O–H groups in total. The fourth-order valence-corrected chi connectivity index (χ4v) is 1.37. The Morgan fingerprint density at radius 2 is 2.00 bits per heavy atom. The summed E-state index contributed by atoms with van der Waals surface area (Å²) in [7, 11) is 3.71. The summed E-state index contributed by atoms with van der Waals surface area (Å²) >= 11 is 0. The molecule has 0 spiro atoms. The molecule has 0 fully saturated rings. The maximum atomic E-state index is 5.98. The van der Waals surface area contributed by atoms with Gasteiger partial charge in [0.05, 0.1) is 11.9 Å². The minimum Gasteiger partial charge on any atom is -0.393 e. The Labute approximate surface area is 105 Å². The number of nitrogens with zero attached hydrogens (tertiary/aromatic N) is 4. The molecule has 0 atom stereocenters. The van der Waals surface area contributed by atoms with Crippen molar-refractivity contribution in [3.05, 3.63) is 30.9 Å². The van der Waals surface area contributed by atoms with Crippen LogP contribution in [0.3, 0.4) is 0 Å². The van der Waals surface area contributed by atoms with E-state index in [9.17, 15) is 0 Å². The molecular formula is C11H15N7. The average molecular weight is 245 g/mol. The SMILES string of the molecule is CN(C)Nc1ncnc(Nc2cccnc2)c1N. The highest BCUT2D eigenvalue weighted by Gasteiger charge is 2.08. The fraction of sp³-hybridized carbons (Fsp3) is 0.182. The third kappa shape index (κ3) is 2.83. The van der Waals surface area contributed by atoms with Gasteiger partial charge < -0.3 is 16.5 Å². The van der Waals surface area contributed by atoms with Crippen molar-refractivity contribution in [2.45, 2.75) is 0 Å². The molecule has 0 radical (unpaired) electrons. The molecule has 0 aliphatic rings. The van der Waals surface area contributed by atoms with Crippen LogP contribution >= 0.6 is 0 Å². The van der Waals surface area contributed by atoms with Crippen molar-refractivity contribution in [2.75, 3.05) is 30.6 Å². The van der Waals surface area contributed by atoms with E-state index in [-0.39, 0.29) is 0 Å². The van der Waals surface area contributed by atoms with Crippen LogP contribution in [0, 0.1) is 0 Å². The number of aromatic nitrogens is 3. The lowest BCUT2D eigenvalue weighted by Crippen LogP contribution is -2.21. The molecule has 2 rings (SSSR count). The number of hydrazine groups is 1. The van der Waals surface area contributed by atoms with E-state index in [4.69, 9.17) is 5.73 Å². The molecule has 0 aliphatic carbocycles. The Bertz CT molecular complexity index is 512. The van der Waals surface area contributed by atoms with Crippen molar-refractivity contribution >= 4 is 23.0 Å². The van der Waals surface area contributed by atoms with Gasteiger partial charge in [0.2, 0.25) is 0 Å². The fourth-order valence-electron chi connectivity index (χ4n) is 1.37. The van der Waals surface area contributed by atoms with E-state index in [1.807, 2.05) is 26.2 Å². The molecule has 94 valence electrons. The van der Waals surface area contributed by atoms with Crippen molar-refractivity contribution in [2.24, 2.45) is 0 Å². The normalized spacial score (nSPS) is 10.4. The molecule has 0 amide bonds. The molecule has 0 aliphatic heterocycles. The van der Waals surface area contributed by atoms with Crippen LogP contribution in [-0.4, -0.2) is 34.1 Å². The summed E-state index contributed by atoms with van der Waals surface area (Å²) < 4.78 is 0. The van der Waals surface area contributed by atoms with Gasteiger partial charge in [-0.2, -0.15) is 0 Å². The number of hydrogen-bond donors (Lipinski definition) is 3. The van der Waals surface area contributed by atoms with Crippen LogP contribution in [-0.2, 0) is 0 Å². The molecule has 0 aromatic carbocycles. The molecule has 0 saturated carbocycles. The largest absolute Gasteiger partial charge is 0.393 e. The smallest absolute Gasteiger partial charge is 0.169 e. The molecule has 0 saturated heterocycles. The van der Waals surface area contributed by atoms with E-state index in [2.05, 4.69) is 25.7 Å². The number of nitrogens with two attached hydrogens (primary N) is 1. The minimum absolute atomic E-state index is 0.454. The number of nitrogens with one attached hydrogen (secondary N) is 2. The second-order valence-corrected chi connectivity index (χ2v) is 3.86. The molecular weight excluding hydrogens is 230 g/mol. The van der Waals surface area contributed by atoms with Crippen molar-refractivity contribution in [3.63, 3.8) is 0 Å². The quantitative estimate of drug-likeness (QED) is 0.694. The number of rotatable bonds is 4. The van der Waals surface area contributed by atoms with Crippen LogP contribution in [0.1, 0.15) is 0 Å². The summed E-state index contributed by atoms with van der Waals surface area (Å²) in [6.45, 7) is 0. The molecule has 18 heavy (non-hydrogen) atoms. The zero-order chi connectivity index (χ0) is 13.0. The Morgan fingerprint density at radius 1 is 1.22 bits per heavy atom. The zero-order valence-electron chi connectivity index (χ0n) is 10.3. The number of hydrogen-bond acceptors (Lipinski definition) is 7. The van der Waals surface area contributed by atoms with Gasteiger partial charge in [0, 0.05) is 20.3 Å². The van der Waals surface area contributed by atoms with Crippen LogP contribution in [0.15, 0.2) is 30.9 Å². The Balaban J connectivity index is 2.23. The molecule has 0 unspecified atom stereocenters. The first kappa shape index (κ1) is 12.1. The lowest BCUT2D eigenvalue weighted by atomic mass is 10.4. The maximum Gasteiger partial charge on any atom is 0.169 e. The van der Waals surface area contributed by atoms with Crippen molar-refractivity contribution in [1.82, 2.24) is 20.0 Å². The summed E-state index contributed by atoms with van der Waals surface area (Å²) in [5.41, 5.74) is 10.3. The number of anilines is 4. The van der Waals surface area contributed by atoms with Gasteiger partial charge in [-0.15, -0.1) is 0 Å². The van der Waals surface area contributed by atoms with Crippen LogP contribution in [0.2, 0.25) is 0 Å². The maximum absolute atomic E-state index is 5.98. The van der Waals surface area contributed by atoms with Gasteiger partial charge in [0.25, 0.3) is 0 Å². The number of pyridine rings is 1. The predicted molar refractivity (Wildman–Crippen MR) is 71.3 cm³/mol. The van der Waals surface area contributed by atoms with E-state index >= 15 is 0 Å². The van der Waals surface area contributed by atoms with E-state index in [1.54, 1.807) is 17.4 Å². The Morgan fingerprint density at radius 3 is 2.67 bits per heavy atom. The Kier molecular flexibility index (Phi) is 3.54. The first-order valence-corrected chi connectivity index (χ1v) is 5.38. The molecule has 0 bridgehead atoms. The lowest BCUT2D eigenvalue weighted by molar-refractivity contribution is 0.492. The van der Waals surface area contributed by atoms with E-state index in [1.165, 1.54) is 6.33 Å². The first-order chi connectivity index (χ1) is 8.66. The average Bonchev–Trinajstić information content (AvgIpc) is 2.35. The van der Waals surface area contributed by atoms with Crippen LogP contribution in [0.5, 0.6) is 0 Å². The number of nitrogen functional groups attached to an aromatic ring is 1. The monoisotopic (exact) mass is 245 g/mol. The molecule has 2 aromatic heterocycles. The third-order valence-corrected chi connectivity index (χ3v) is 2.14. The highest BCUT2D eigenvalue weighted by atomic mass is 15.5. The lowest BCUT2D eigenvalue weighted by Gasteiger charge is -2.16. The summed E-state index contributed by atoms with van der Waals surface area (Å²) in [4.78, 5) is 12.2. The summed E-state index contributed by atoms with van der Waals surface area (Å²) in [6, 6.07) is 3.71. The van der Waals surface area contributed by atoms with Crippen molar-refractivity contribution < 1.29 is 0 Å². The van der Waals surface area contributed by atoms with Gasteiger partial charge in [0.1, 0.15) is 12.0 Å². The summed E-state index contributed by atoms with van der Waals surface area (Å²) in [5, 5.41) is 4.85. The van der Waals surface area contributed by atoms with Gasteiger partial charge in [-0.1, -0.05) is 0 Å². The predicted octanol–water partition coefficient (Wildman–Crippen LogP) is 1.09. The van der Waals surface area contributed by atoms with E-state index < -0.39 is 0 Å². The molecule has 7 nitrogen and oxygen atoms in total. The standard InChI is InChI=1S/C11H15N7/c1-18(2)17-11-9(12)10(14-7-15-11)16-8-4-3-5-13-6-8/h3-7H,12H2,1-2H3,(H2,14,15,16,17). The third-order valence-electron chi connectivity index (χ3n) is 2.14. The molecule has 2 aromatic rings. The molecule has 7 heteroatoms. The minimum atomic E-state index is 0.454. The van der Waals surface area contributed by atoms with Crippen LogP contribution in [0.25, 0.3) is 0 Å². The Hall–Kier alpha value is -2.41. The van der Waals surface area contributed by atoms with E-state index in [0.29, 0.717) is 17.3 Å².